The molecule has 0 bridgehead atoms. The minimum absolute atomic E-state index is 0.00404. The molecule has 0 aliphatic rings. The lowest BCUT2D eigenvalue weighted by molar-refractivity contribution is -0.385. The lowest BCUT2D eigenvalue weighted by atomic mass is 10.0. The Balaban J connectivity index is 3.25. The zero-order valence-electron chi connectivity index (χ0n) is 8.93. The molecule has 5 nitrogen and oxygen atoms in total. The number of carbonyl (C=O) groups is 1. The fraction of sp³-hybridized carbons (Fsp3) is 0.182. The van der Waals surface area contributed by atoms with Gasteiger partial charge in [0, 0.05) is 17.7 Å². The van der Waals surface area contributed by atoms with E-state index in [0.29, 0.717) is 11.1 Å². The van der Waals surface area contributed by atoms with Gasteiger partial charge < -0.3 is 5.11 Å². The van der Waals surface area contributed by atoms with E-state index < -0.39 is 10.9 Å². The Hall–Kier alpha value is -2.17. The summed E-state index contributed by atoms with van der Waals surface area (Å²) in [6, 6.07) is 3.05. The molecule has 84 valence electrons. The largest absolute Gasteiger partial charge is 0.478 e. The van der Waals surface area contributed by atoms with Crippen molar-refractivity contribution in [2.75, 3.05) is 0 Å². The van der Waals surface area contributed by atoms with Gasteiger partial charge in [0.1, 0.15) is 0 Å². The van der Waals surface area contributed by atoms with Crippen molar-refractivity contribution in [3.63, 3.8) is 0 Å². The van der Waals surface area contributed by atoms with E-state index in [1.807, 2.05) is 0 Å². The molecule has 1 N–H and O–H groups in total. The van der Waals surface area contributed by atoms with Crippen LogP contribution in [0.15, 0.2) is 18.2 Å². The van der Waals surface area contributed by atoms with Gasteiger partial charge in [0.05, 0.1) is 4.92 Å². The van der Waals surface area contributed by atoms with E-state index in [0.717, 1.165) is 11.6 Å². The van der Waals surface area contributed by atoms with Crippen LogP contribution in [0.1, 0.15) is 16.7 Å². The fourth-order valence-corrected chi connectivity index (χ4v) is 1.39. The summed E-state index contributed by atoms with van der Waals surface area (Å²) in [5.41, 5.74) is 1.91. The highest BCUT2D eigenvalue weighted by Gasteiger charge is 2.12. The molecule has 0 aromatic heterocycles. The Labute approximate surface area is 92.2 Å². The van der Waals surface area contributed by atoms with E-state index in [9.17, 15) is 14.9 Å². The Morgan fingerprint density at radius 3 is 2.50 bits per heavy atom. The van der Waals surface area contributed by atoms with Gasteiger partial charge >= 0.3 is 5.97 Å². The van der Waals surface area contributed by atoms with E-state index in [2.05, 4.69) is 0 Å². The molecule has 0 saturated heterocycles. The number of aliphatic carboxylic acids is 1. The van der Waals surface area contributed by atoms with Crippen molar-refractivity contribution < 1.29 is 14.8 Å². The van der Waals surface area contributed by atoms with Gasteiger partial charge in [0.25, 0.3) is 5.69 Å². The van der Waals surface area contributed by atoms with Crippen LogP contribution < -0.4 is 0 Å². The fourth-order valence-electron chi connectivity index (χ4n) is 1.39. The van der Waals surface area contributed by atoms with Crippen molar-refractivity contribution in [3.05, 3.63) is 45.0 Å². The summed E-state index contributed by atoms with van der Waals surface area (Å²) in [5, 5.41) is 19.2. The molecule has 1 aromatic carbocycles. The molecular weight excluding hydrogens is 210 g/mol. The number of hydrogen-bond donors (Lipinski definition) is 1. The van der Waals surface area contributed by atoms with Crippen LogP contribution in [-0.4, -0.2) is 16.0 Å². The van der Waals surface area contributed by atoms with Crippen molar-refractivity contribution in [2.45, 2.75) is 13.8 Å². The third-order valence-electron chi connectivity index (χ3n) is 2.19. The standard InChI is InChI=1S/C11H11NO4/c1-7-5-8(2)10(12(15)16)6-9(7)3-4-11(13)14/h3-6H,1-2H3,(H,13,14)/b4-3+. The summed E-state index contributed by atoms with van der Waals surface area (Å²) in [7, 11) is 0. The van der Waals surface area contributed by atoms with Crippen molar-refractivity contribution >= 4 is 17.7 Å². The van der Waals surface area contributed by atoms with E-state index in [4.69, 9.17) is 5.11 Å². The van der Waals surface area contributed by atoms with Crippen molar-refractivity contribution in [3.8, 4) is 0 Å². The minimum Gasteiger partial charge on any atom is -0.478 e. The van der Waals surface area contributed by atoms with Gasteiger partial charge in [-0.15, -0.1) is 0 Å². The summed E-state index contributed by atoms with van der Waals surface area (Å²) >= 11 is 0. The monoisotopic (exact) mass is 221 g/mol. The van der Waals surface area contributed by atoms with E-state index in [1.165, 1.54) is 12.1 Å². The number of carboxylic acids is 1. The van der Waals surface area contributed by atoms with Crippen LogP contribution in [0.2, 0.25) is 0 Å². The molecule has 0 aliphatic carbocycles. The summed E-state index contributed by atoms with van der Waals surface area (Å²) < 4.78 is 0. The molecule has 0 unspecified atom stereocenters. The zero-order chi connectivity index (χ0) is 12.3. The summed E-state index contributed by atoms with van der Waals surface area (Å²) in [6.45, 7) is 3.42. The Morgan fingerprint density at radius 1 is 1.38 bits per heavy atom. The highest BCUT2D eigenvalue weighted by molar-refractivity contribution is 5.85. The van der Waals surface area contributed by atoms with Gasteiger partial charge in [-0.3, -0.25) is 10.1 Å². The van der Waals surface area contributed by atoms with E-state index in [-0.39, 0.29) is 5.69 Å². The van der Waals surface area contributed by atoms with Crippen LogP contribution in [0.25, 0.3) is 6.08 Å². The summed E-state index contributed by atoms with van der Waals surface area (Å²) in [4.78, 5) is 20.6. The van der Waals surface area contributed by atoms with Gasteiger partial charge in [0.15, 0.2) is 0 Å². The molecule has 0 saturated carbocycles. The average Bonchev–Trinajstić information content (AvgIpc) is 2.15. The maximum absolute atomic E-state index is 10.7. The number of rotatable bonds is 3. The van der Waals surface area contributed by atoms with Crippen LogP contribution in [-0.2, 0) is 4.79 Å². The maximum Gasteiger partial charge on any atom is 0.328 e. The highest BCUT2D eigenvalue weighted by Crippen LogP contribution is 2.23. The molecule has 0 aliphatic heterocycles. The van der Waals surface area contributed by atoms with Crippen LogP contribution in [0.3, 0.4) is 0 Å². The number of benzene rings is 1. The molecule has 1 aromatic rings. The number of nitro groups is 1. The molecule has 0 radical (unpaired) electrons. The predicted octanol–water partition coefficient (Wildman–Crippen LogP) is 2.31. The first-order valence-corrected chi connectivity index (χ1v) is 4.58. The van der Waals surface area contributed by atoms with Crippen LogP contribution in [0, 0.1) is 24.0 Å². The van der Waals surface area contributed by atoms with Crippen molar-refractivity contribution in [2.24, 2.45) is 0 Å². The van der Waals surface area contributed by atoms with Gasteiger partial charge in [0.2, 0.25) is 0 Å². The average molecular weight is 221 g/mol. The van der Waals surface area contributed by atoms with E-state index >= 15 is 0 Å². The molecule has 0 spiro atoms. The number of hydrogen-bond acceptors (Lipinski definition) is 3. The van der Waals surface area contributed by atoms with Crippen molar-refractivity contribution in [1.82, 2.24) is 0 Å². The number of nitro benzene ring substituents is 1. The smallest absolute Gasteiger partial charge is 0.328 e. The van der Waals surface area contributed by atoms with Crippen molar-refractivity contribution in [1.29, 1.82) is 0 Å². The first kappa shape index (κ1) is 11.9. The maximum atomic E-state index is 10.7. The Kier molecular flexibility index (Phi) is 3.40. The Morgan fingerprint density at radius 2 is 2.00 bits per heavy atom. The SMILES string of the molecule is Cc1cc(C)c([N+](=O)[O-])cc1/C=C/C(=O)O. The summed E-state index contributed by atoms with van der Waals surface area (Å²) in [5.74, 6) is -1.08. The molecule has 0 heterocycles. The van der Waals surface area contributed by atoms with Gasteiger partial charge in [-0.2, -0.15) is 0 Å². The second-order valence-electron chi connectivity index (χ2n) is 3.42. The topological polar surface area (TPSA) is 80.4 Å². The van der Waals surface area contributed by atoms with Gasteiger partial charge in [-0.05, 0) is 37.1 Å². The Bertz CT molecular complexity index is 477. The van der Waals surface area contributed by atoms with Crippen LogP contribution in [0.4, 0.5) is 5.69 Å². The lowest BCUT2D eigenvalue weighted by Gasteiger charge is -2.03. The second-order valence-corrected chi connectivity index (χ2v) is 3.42. The molecule has 5 heteroatoms. The molecule has 1 rings (SSSR count). The number of nitrogens with zero attached hydrogens (tertiary/aromatic N) is 1. The second kappa shape index (κ2) is 4.57. The van der Waals surface area contributed by atoms with Crippen LogP contribution in [0.5, 0.6) is 0 Å². The highest BCUT2D eigenvalue weighted by atomic mass is 16.6. The third-order valence-corrected chi connectivity index (χ3v) is 2.19. The lowest BCUT2D eigenvalue weighted by Crippen LogP contribution is -1.94. The zero-order valence-corrected chi connectivity index (χ0v) is 8.93. The molecule has 16 heavy (non-hydrogen) atoms. The summed E-state index contributed by atoms with van der Waals surface area (Å²) in [6.07, 6.45) is 2.31. The predicted molar refractivity (Wildman–Crippen MR) is 59.2 cm³/mol. The normalized spacial score (nSPS) is 10.6. The van der Waals surface area contributed by atoms with Gasteiger partial charge in [-0.1, -0.05) is 0 Å². The third kappa shape index (κ3) is 2.66. The van der Waals surface area contributed by atoms with E-state index in [1.54, 1.807) is 19.9 Å². The molecule has 0 atom stereocenters. The number of aryl methyl sites for hydroxylation is 2. The first-order chi connectivity index (χ1) is 7.41. The molecular formula is C11H11NO4. The van der Waals surface area contributed by atoms with Crippen LogP contribution >= 0.6 is 0 Å². The minimum atomic E-state index is -1.08. The molecule has 0 amide bonds. The van der Waals surface area contributed by atoms with Gasteiger partial charge in [-0.25, -0.2) is 4.79 Å². The quantitative estimate of drug-likeness (QED) is 0.482. The first-order valence-electron chi connectivity index (χ1n) is 4.58. The number of carboxylic acid groups (broad SMARTS) is 1. The molecule has 0 fully saturated rings.